The van der Waals surface area contributed by atoms with Crippen LogP contribution >= 0.6 is 0 Å². The predicted molar refractivity (Wildman–Crippen MR) is 89.9 cm³/mol. The van der Waals surface area contributed by atoms with Crippen LogP contribution in [-0.2, 0) is 10.2 Å². The van der Waals surface area contributed by atoms with Crippen LogP contribution in [0, 0.1) is 11.3 Å². The fraction of sp³-hybridized carbons (Fsp3) is 0.600. The summed E-state index contributed by atoms with van der Waals surface area (Å²) in [7, 11) is 0. The van der Waals surface area contributed by atoms with Gasteiger partial charge in [0.15, 0.2) is 5.78 Å². The fourth-order valence-electron chi connectivity index (χ4n) is 4.85. The molecule has 1 saturated carbocycles. The highest BCUT2D eigenvalue weighted by Crippen LogP contribution is 2.57. The number of carboxylic acids is 1. The van der Waals surface area contributed by atoms with Crippen molar-refractivity contribution in [3.63, 3.8) is 0 Å². The maximum Gasteiger partial charge on any atom is 0.309 e. The van der Waals surface area contributed by atoms with E-state index in [0.29, 0.717) is 18.8 Å². The van der Waals surface area contributed by atoms with Gasteiger partial charge in [-0.25, -0.2) is 0 Å². The van der Waals surface area contributed by atoms with Crippen molar-refractivity contribution >= 4 is 11.8 Å². The van der Waals surface area contributed by atoms with E-state index in [-0.39, 0.29) is 17.1 Å². The van der Waals surface area contributed by atoms with Crippen LogP contribution in [0.3, 0.4) is 0 Å². The van der Waals surface area contributed by atoms with Gasteiger partial charge in [-0.3, -0.25) is 9.59 Å². The summed E-state index contributed by atoms with van der Waals surface area (Å²) in [5.74, 6) is -0.386. The first-order valence-electron chi connectivity index (χ1n) is 8.61. The summed E-state index contributed by atoms with van der Waals surface area (Å²) in [5, 5.41) is 9.79. The third-order valence-electron chi connectivity index (χ3n) is 6.43. The molecule has 0 radical (unpaired) electrons. The van der Waals surface area contributed by atoms with Crippen molar-refractivity contribution in [3.05, 3.63) is 34.9 Å². The van der Waals surface area contributed by atoms with Crippen LogP contribution in [0.25, 0.3) is 0 Å². The molecule has 124 valence electrons. The third kappa shape index (κ3) is 2.24. The average molecular weight is 314 g/mol. The first-order chi connectivity index (χ1) is 10.7. The van der Waals surface area contributed by atoms with Crippen molar-refractivity contribution in [2.75, 3.05) is 0 Å². The molecule has 2 aliphatic rings. The Bertz CT molecular complexity index is 675. The van der Waals surface area contributed by atoms with E-state index in [1.807, 2.05) is 13.0 Å². The molecule has 0 spiro atoms. The summed E-state index contributed by atoms with van der Waals surface area (Å²) in [6, 6.07) is 6.23. The van der Waals surface area contributed by atoms with E-state index in [1.165, 1.54) is 5.56 Å². The van der Waals surface area contributed by atoms with Crippen LogP contribution in [-0.4, -0.2) is 16.9 Å². The lowest BCUT2D eigenvalue weighted by molar-refractivity contribution is -0.156. The molecule has 3 rings (SSSR count). The Balaban J connectivity index is 2.16. The monoisotopic (exact) mass is 314 g/mol. The van der Waals surface area contributed by atoms with Crippen LogP contribution in [0.2, 0.25) is 0 Å². The molecule has 0 heterocycles. The van der Waals surface area contributed by atoms with Crippen molar-refractivity contribution < 1.29 is 14.7 Å². The van der Waals surface area contributed by atoms with Crippen LogP contribution < -0.4 is 0 Å². The van der Waals surface area contributed by atoms with Gasteiger partial charge in [0.25, 0.3) is 0 Å². The van der Waals surface area contributed by atoms with Gasteiger partial charge in [-0.2, -0.15) is 0 Å². The van der Waals surface area contributed by atoms with Gasteiger partial charge in [-0.1, -0.05) is 39.3 Å². The van der Waals surface area contributed by atoms with Crippen molar-refractivity contribution in [1.82, 2.24) is 0 Å². The van der Waals surface area contributed by atoms with Crippen LogP contribution in [0.1, 0.15) is 80.8 Å². The van der Waals surface area contributed by atoms with Gasteiger partial charge in [0.1, 0.15) is 0 Å². The Morgan fingerprint density at radius 2 is 1.96 bits per heavy atom. The quantitative estimate of drug-likeness (QED) is 0.871. The molecule has 1 fully saturated rings. The average Bonchev–Trinajstić information content (AvgIpc) is 2.49. The first kappa shape index (κ1) is 16.2. The molecule has 0 unspecified atom stereocenters. The number of carboxylic acid groups (broad SMARTS) is 1. The number of carbonyl (C=O) groups excluding carboxylic acids is 1. The molecular formula is C20H26O3. The molecule has 1 N–H and O–H groups in total. The zero-order valence-electron chi connectivity index (χ0n) is 14.5. The summed E-state index contributed by atoms with van der Waals surface area (Å²) in [5.41, 5.74) is 2.04. The molecule has 0 aromatic heterocycles. The Labute approximate surface area is 138 Å². The van der Waals surface area contributed by atoms with E-state index >= 15 is 0 Å². The first-order valence-corrected chi connectivity index (χ1v) is 8.61. The SMILES string of the molecule is CC(C)c1ccc2c(c1)C(=O)C[C@H]1[C@](C)(C(=O)O)CCC[C@]21C. The highest BCUT2D eigenvalue weighted by atomic mass is 16.4. The van der Waals surface area contributed by atoms with Crippen molar-refractivity contribution in [1.29, 1.82) is 0 Å². The normalized spacial score (nSPS) is 33.3. The van der Waals surface area contributed by atoms with Gasteiger partial charge < -0.3 is 5.11 Å². The number of fused-ring (bicyclic) bond motifs is 3. The zero-order chi connectivity index (χ0) is 17.0. The standard InChI is InChI=1S/C20H26O3/c1-12(2)13-6-7-15-14(10-13)16(21)11-17-19(15,3)8-5-9-20(17,4)18(22)23/h6-7,10,12,17H,5,8-9,11H2,1-4H3,(H,22,23)/t17-,19-,20-/m1/s1. The number of ketones is 1. The minimum Gasteiger partial charge on any atom is -0.481 e. The molecule has 3 heteroatoms. The lowest BCUT2D eigenvalue weighted by atomic mass is 9.49. The molecule has 23 heavy (non-hydrogen) atoms. The number of aliphatic carboxylic acids is 1. The largest absolute Gasteiger partial charge is 0.481 e. The zero-order valence-corrected chi connectivity index (χ0v) is 14.5. The molecule has 0 aliphatic heterocycles. The molecule has 0 amide bonds. The Morgan fingerprint density at radius 3 is 2.57 bits per heavy atom. The highest BCUT2D eigenvalue weighted by Gasteiger charge is 2.56. The summed E-state index contributed by atoms with van der Waals surface area (Å²) >= 11 is 0. The number of carbonyl (C=O) groups is 2. The van der Waals surface area contributed by atoms with Gasteiger partial charge in [0, 0.05) is 12.0 Å². The van der Waals surface area contributed by atoms with Crippen LogP contribution in [0.4, 0.5) is 0 Å². The lowest BCUT2D eigenvalue weighted by Gasteiger charge is -2.53. The smallest absolute Gasteiger partial charge is 0.309 e. The number of hydrogen-bond donors (Lipinski definition) is 1. The van der Waals surface area contributed by atoms with E-state index in [2.05, 4.69) is 32.9 Å². The van der Waals surface area contributed by atoms with Gasteiger partial charge in [-0.15, -0.1) is 0 Å². The summed E-state index contributed by atoms with van der Waals surface area (Å²) in [6.07, 6.45) is 2.88. The number of hydrogen-bond acceptors (Lipinski definition) is 2. The second-order valence-electron chi connectivity index (χ2n) is 8.13. The predicted octanol–water partition coefficient (Wildman–Crippen LogP) is 4.55. The Hall–Kier alpha value is -1.64. The van der Waals surface area contributed by atoms with Crippen molar-refractivity contribution in [3.8, 4) is 0 Å². The Morgan fingerprint density at radius 1 is 1.26 bits per heavy atom. The maximum atomic E-state index is 12.8. The molecular weight excluding hydrogens is 288 g/mol. The second-order valence-corrected chi connectivity index (χ2v) is 8.13. The van der Waals surface area contributed by atoms with E-state index in [1.54, 1.807) is 0 Å². The van der Waals surface area contributed by atoms with Gasteiger partial charge in [0.05, 0.1) is 5.41 Å². The van der Waals surface area contributed by atoms with E-state index in [0.717, 1.165) is 24.0 Å². The van der Waals surface area contributed by atoms with Crippen molar-refractivity contribution in [2.24, 2.45) is 11.3 Å². The molecule has 3 atom stereocenters. The molecule has 0 saturated heterocycles. The van der Waals surface area contributed by atoms with E-state index in [9.17, 15) is 14.7 Å². The van der Waals surface area contributed by atoms with Crippen LogP contribution in [0.15, 0.2) is 18.2 Å². The maximum absolute atomic E-state index is 12.8. The van der Waals surface area contributed by atoms with Gasteiger partial charge in [0.2, 0.25) is 0 Å². The highest BCUT2D eigenvalue weighted by molar-refractivity contribution is 6.00. The molecule has 1 aromatic rings. The fourth-order valence-corrected chi connectivity index (χ4v) is 4.85. The summed E-state index contributed by atoms with van der Waals surface area (Å²) < 4.78 is 0. The van der Waals surface area contributed by atoms with Crippen LogP contribution in [0.5, 0.6) is 0 Å². The number of Topliss-reactive ketones (excluding diaryl/α,β-unsaturated/α-hetero) is 1. The topological polar surface area (TPSA) is 54.4 Å². The second kappa shape index (κ2) is 5.19. The number of rotatable bonds is 2. The minimum atomic E-state index is -0.808. The van der Waals surface area contributed by atoms with E-state index in [4.69, 9.17) is 0 Å². The third-order valence-corrected chi connectivity index (χ3v) is 6.43. The molecule has 1 aromatic carbocycles. The van der Waals surface area contributed by atoms with E-state index < -0.39 is 11.4 Å². The van der Waals surface area contributed by atoms with Crippen molar-refractivity contribution in [2.45, 2.75) is 64.7 Å². The number of benzene rings is 1. The summed E-state index contributed by atoms with van der Waals surface area (Å²) in [4.78, 5) is 24.7. The Kier molecular flexibility index (Phi) is 3.66. The van der Waals surface area contributed by atoms with Gasteiger partial charge in [-0.05, 0) is 54.2 Å². The minimum absolute atomic E-state index is 0.111. The van der Waals surface area contributed by atoms with Gasteiger partial charge >= 0.3 is 5.97 Å². The summed E-state index contributed by atoms with van der Waals surface area (Å²) in [6.45, 7) is 8.25. The molecule has 2 aliphatic carbocycles. The molecule has 0 bridgehead atoms. The molecule has 3 nitrogen and oxygen atoms in total. The lowest BCUT2D eigenvalue weighted by Crippen LogP contribution is -2.53.